The molecule has 188 valence electrons. The van der Waals surface area contributed by atoms with Gasteiger partial charge in [-0.3, -0.25) is 20.5 Å². The van der Waals surface area contributed by atoms with Gasteiger partial charge >= 0.3 is 0 Å². The molecule has 4 heterocycles. The molecule has 8 nitrogen and oxygen atoms in total. The van der Waals surface area contributed by atoms with Crippen LogP contribution in [0.4, 0.5) is 0 Å². The lowest BCUT2D eigenvalue weighted by Crippen LogP contribution is -2.45. The number of hydrogen-bond acceptors (Lipinski definition) is 6. The van der Waals surface area contributed by atoms with Crippen molar-refractivity contribution < 1.29 is 4.74 Å². The van der Waals surface area contributed by atoms with Gasteiger partial charge in [-0.2, -0.15) is 10.2 Å². The largest absolute Gasteiger partial charge is 0.471 e. The summed E-state index contributed by atoms with van der Waals surface area (Å²) < 4.78 is 8.15. The number of aryl methyl sites for hydroxylation is 1. The molecule has 1 saturated heterocycles. The zero-order valence-corrected chi connectivity index (χ0v) is 21.6. The first-order chi connectivity index (χ1) is 17.5. The van der Waals surface area contributed by atoms with E-state index in [1.54, 1.807) is 6.92 Å². The quantitative estimate of drug-likeness (QED) is 0.315. The van der Waals surface area contributed by atoms with Crippen LogP contribution < -0.4 is 10.5 Å². The number of halogens is 2. The molecule has 0 unspecified atom stereocenters. The molecule has 0 spiro atoms. The van der Waals surface area contributed by atoms with Gasteiger partial charge in [0.05, 0.1) is 33.5 Å². The monoisotopic (exact) mass is 525 g/mol. The standard InChI is InChI=1S/C26H29Cl2N7O/c1-15-24(28)23(21(27)13-30-15)26(29)36-19-5-6-22-20(11-19)25(33-32-22)16-12-31-35(14-16)18-7-9-34(10-8-18)17-3-2-4-17/h5-6,11-14,17-18,26H,2-4,7-10,29H2,1H3,(H,32,33)/t26-/m0/s1. The van der Waals surface area contributed by atoms with E-state index in [0.29, 0.717) is 33.1 Å². The van der Waals surface area contributed by atoms with Gasteiger partial charge in [-0.25, -0.2) is 0 Å². The van der Waals surface area contributed by atoms with Crippen molar-refractivity contribution in [3.8, 4) is 17.0 Å². The van der Waals surface area contributed by atoms with Crippen molar-refractivity contribution in [2.45, 2.75) is 57.3 Å². The Morgan fingerprint density at radius 1 is 1.11 bits per heavy atom. The van der Waals surface area contributed by atoms with E-state index in [-0.39, 0.29) is 0 Å². The summed E-state index contributed by atoms with van der Waals surface area (Å²) in [5.41, 5.74) is 10.2. The predicted octanol–water partition coefficient (Wildman–Crippen LogP) is 5.66. The van der Waals surface area contributed by atoms with Gasteiger partial charge in [0.15, 0.2) is 6.23 Å². The Balaban J connectivity index is 1.21. The highest BCUT2D eigenvalue weighted by Crippen LogP contribution is 2.35. The SMILES string of the molecule is Cc1ncc(Cl)c([C@@H](N)Oc2ccc3[nH]nc(-c4cnn(C5CCN(C6CCC6)CC5)c4)c3c2)c1Cl. The number of piperidine rings is 1. The molecule has 6 rings (SSSR count). The van der Waals surface area contributed by atoms with Gasteiger partial charge in [0.2, 0.25) is 0 Å². The molecule has 1 aromatic carbocycles. The summed E-state index contributed by atoms with van der Waals surface area (Å²) in [6, 6.07) is 6.94. The van der Waals surface area contributed by atoms with E-state index < -0.39 is 6.23 Å². The Morgan fingerprint density at radius 3 is 2.67 bits per heavy atom. The summed E-state index contributed by atoms with van der Waals surface area (Å²) in [7, 11) is 0. The fourth-order valence-electron chi connectivity index (χ4n) is 5.26. The zero-order chi connectivity index (χ0) is 24.8. The van der Waals surface area contributed by atoms with Gasteiger partial charge in [0.1, 0.15) is 11.4 Å². The van der Waals surface area contributed by atoms with E-state index in [2.05, 4.69) is 31.0 Å². The Labute approximate surface area is 219 Å². The summed E-state index contributed by atoms with van der Waals surface area (Å²) in [4.78, 5) is 6.82. The minimum absolute atomic E-state index is 0.370. The van der Waals surface area contributed by atoms with Crippen molar-refractivity contribution in [1.29, 1.82) is 0 Å². The molecular formula is C26H29Cl2N7O. The number of aromatic nitrogens is 5. The average Bonchev–Trinajstić information content (AvgIpc) is 3.48. The van der Waals surface area contributed by atoms with Crippen LogP contribution >= 0.6 is 23.2 Å². The number of benzene rings is 1. The molecule has 1 aliphatic carbocycles. The van der Waals surface area contributed by atoms with Crippen LogP contribution in [0.1, 0.15) is 55.6 Å². The number of rotatable bonds is 6. The van der Waals surface area contributed by atoms with E-state index in [0.717, 1.165) is 54.1 Å². The van der Waals surface area contributed by atoms with Gasteiger partial charge in [0.25, 0.3) is 0 Å². The Bertz CT molecular complexity index is 1390. The second kappa shape index (κ2) is 9.67. The molecule has 3 aromatic heterocycles. The number of nitrogens with one attached hydrogen (secondary N) is 1. The lowest BCUT2D eigenvalue weighted by atomic mass is 9.89. The number of aromatic amines is 1. The van der Waals surface area contributed by atoms with E-state index in [1.807, 2.05) is 24.4 Å². The van der Waals surface area contributed by atoms with Gasteiger partial charge in [-0.15, -0.1) is 0 Å². The Morgan fingerprint density at radius 2 is 1.92 bits per heavy atom. The van der Waals surface area contributed by atoms with E-state index in [4.69, 9.17) is 38.8 Å². The van der Waals surface area contributed by atoms with Gasteiger partial charge in [-0.1, -0.05) is 29.6 Å². The third-order valence-electron chi connectivity index (χ3n) is 7.60. The summed E-state index contributed by atoms with van der Waals surface area (Å²) in [6.45, 7) is 4.11. The zero-order valence-electron chi connectivity index (χ0n) is 20.1. The molecule has 4 aromatic rings. The lowest BCUT2D eigenvalue weighted by Gasteiger charge is -2.41. The number of hydrogen-bond donors (Lipinski definition) is 2. The molecular weight excluding hydrogens is 497 g/mol. The van der Waals surface area contributed by atoms with E-state index in [1.165, 1.54) is 25.5 Å². The fraction of sp³-hybridized carbons (Fsp3) is 0.423. The minimum Gasteiger partial charge on any atom is -0.471 e. The smallest absolute Gasteiger partial charge is 0.177 e. The maximum absolute atomic E-state index is 6.41. The van der Waals surface area contributed by atoms with Gasteiger partial charge in [-0.05, 0) is 50.8 Å². The number of fused-ring (bicyclic) bond motifs is 1. The summed E-state index contributed by atoms with van der Waals surface area (Å²) >= 11 is 12.7. The predicted molar refractivity (Wildman–Crippen MR) is 141 cm³/mol. The van der Waals surface area contributed by atoms with Crippen LogP contribution in [0.15, 0.2) is 36.8 Å². The molecule has 1 atom stereocenters. The fourth-order valence-corrected chi connectivity index (χ4v) is 5.82. The highest BCUT2D eigenvalue weighted by atomic mass is 35.5. The highest BCUT2D eigenvalue weighted by molar-refractivity contribution is 6.36. The molecule has 0 radical (unpaired) electrons. The summed E-state index contributed by atoms with van der Waals surface area (Å²) in [5, 5.41) is 14.1. The van der Waals surface area contributed by atoms with Gasteiger partial charge in [0, 0.05) is 48.0 Å². The molecule has 1 aliphatic heterocycles. The first-order valence-corrected chi connectivity index (χ1v) is 13.2. The van der Waals surface area contributed by atoms with Crippen molar-refractivity contribution >= 4 is 34.1 Å². The Kier molecular flexibility index (Phi) is 6.37. The highest BCUT2D eigenvalue weighted by Gasteiger charge is 2.29. The molecule has 3 N–H and O–H groups in total. The maximum atomic E-state index is 6.41. The second-order valence-electron chi connectivity index (χ2n) is 9.80. The van der Waals surface area contributed by atoms with Crippen molar-refractivity contribution in [3.05, 3.63) is 58.1 Å². The number of pyridine rings is 1. The molecule has 0 bridgehead atoms. The molecule has 36 heavy (non-hydrogen) atoms. The van der Waals surface area contributed by atoms with Crippen molar-refractivity contribution in [2.24, 2.45) is 5.73 Å². The second-order valence-corrected chi connectivity index (χ2v) is 10.6. The van der Waals surface area contributed by atoms with Crippen LogP contribution in [-0.4, -0.2) is 49.0 Å². The molecule has 2 aliphatic rings. The first kappa shape index (κ1) is 23.7. The maximum Gasteiger partial charge on any atom is 0.177 e. The van der Waals surface area contributed by atoms with E-state index in [9.17, 15) is 0 Å². The molecule has 1 saturated carbocycles. The number of nitrogens with zero attached hydrogens (tertiary/aromatic N) is 5. The van der Waals surface area contributed by atoms with Crippen molar-refractivity contribution in [2.75, 3.05) is 13.1 Å². The van der Waals surface area contributed by atoms with Crippen LogP contribution in [0.25, 0.3) is 22.2 Å². The molecule has 0 amide bonds. The number of ether oxygens (including phenoxy) is 1. The van der Waals surface area contributed by atoms with Crippen LogP contribution in [-0.2, 0) is 0 Å². The lowest BCUT2D eigenvalue weighted by molar-refractivity contribution is 0.0842. The average molecular weight is 526 g/mol. The van der Waals surface area contributed by atoms with Crippen LogP contribution in [0.5, 0.6) is 5.75 Å². The Hall–Kier alpha value is -2.65. The third kappa shape index (κ3) is 4.36. The van der Waals surface area contributed by atoms with Crippen molar-refractivity contribution in [3.63, 3.8) is 0 Å². The summed E-state index contributed by atoms with van der Waals surface area (Å²) in [6.07, 6.45) is 11.1. The number of H-pyrrole nitrogens is 1. The minimum atomic E-state index is -0.840. The van der Waals surface area contributed by atoms with E-state index >= 15 is 0 Å². The number of nitrogens with two attached hydrogens (primary N) is 1. The summed E-state index contributed by atoms with van der Waals surface area (Å²) in [5.74, 6) is 0.593. The first-order valence-electron chi connectivity index (χ1n) is 12.5. The topological polar surface area (TPSA) is 97.9 Å². The third-order valence-corrected chi connectivity index (χ3v) is 8.38. The van der Waals surface area contributed by atoms with Crippen LogP contribution in [0.2, 0.25) is 10.0 Å². The normalized spacial score (nSPS) is 18.4. The van der Waals surface area contributed by atoms with Crippen LogP contribution in [0, 0.1) is 6.92 Å². The van der Waals surface area contributed by atoms with Gasteiger partial charge < -0.3 is 9.64 Å². The van der Waals surface area contributed by atoms with Crippen molar-refractivity contribution in [1.82, 2.24) is 29.9 Å². The molecule has 10 heteroatoms. The van der Waals surface area contributed by atoms with Crippen LogP contribution in [0.3, 0.4) is 0 Å². The number of likely N-dealkylation sites (tertiary alicyclic amines) is 1. The molecule has 2 fully saturated rings.